The van der Waals surface area contributed by atoms with E-state index < -0.39 is 0 Å². The molecule has 0 spiro atoms. The summed E-state index contributed by atoms with van der Waals surface area (Å²) in [7, 11) is 0. The van der Waals surface area contributed by atoms with Crippen molar-refractivity contribution in [1.29, 1.82) is 0 Å². The normalized spacial score (nSPS) is 17.4. The van der Waals surface area contributed by atoms with Crippen molar-refractivity contribution >= 4 is 17.3 Å². The van der Waals surface area contributed by atoms with Crippen molar-refractivity contribution in [2.75, 3.05) is 18.1 Å². The first-order valence-corrected chi connectivity index (χ1v) is 8.47. The average molecular weight is 339 g/mol. The van der Waals surface area contributed by atoms with Gasteiger partial charge in [-0.3, -0.25) is 0 Å². The van der Waals surface area contributed by atoms with Crippen molar-refractivity contribution in [3.8, 4) is 5.69 Å². The highest BCUT2D eigenvalue weighted by molar-refractivity contribution is 6.30. The van der Waals surface area contributed by atoms with Gasteiger partial charge in [0.25, 0.3) is 0 Å². The SMILES string of the molecule is Cc1cccc(N2CCO[C@@H]2c2ccn(-c3ccc(Cl)cc3)c2)c1. The minimum Gasteiger partial charge on any atom is -0.352 e. The number of rotatable bonds is 3. The number of nitrogens with zero attached hydrogens (tertiary/aromatic N) is 2. The lowest BCUT2D eigenvalue weighted by Crippen LogP contribution is -2.23. The molecule has 4 rings (SSSR count). The Morgan fingerprint density at radius 2 is 1.88 bits per heavy atom. The zero-order valence-electron chi connectivity index (χ0n) is 13.5. The molecule has 122 valence electrons. The summed E-state index contributed by atoms with van der Waals surface area (Å²) < 4.78 is 8.10. The zero-order chi connectivity index (χ0) is 16.5. The van der Waals surface area contributed by atoms with Crippen LogP contribution in [0.2, 0.25) is 5.02 Å². The van der Waals surface area contributed by atoms with Gasteiger partial charge in [-0.2, -0.15) is 0 Å². The van der Waals surface area contributed by atoms with Crippen LogP contribution in [0.4, 0.5) is 5.69 Å². The van der Waals surface area contributed by atoms with Gasteiger partial charge in [-0.05, 0) is 55.0 Å². The third kappa shape index (κ3) is 2.93. The Balaban J connectivity index is 1.62. The maximum absolute atomic E-state index is 6.01. The minimum absolute atomic E-state index is 0.0413. The fraction of sp³-hybridized carbons (Fsp3) is 0.200. The van der Waals surface area contributed by atoms with E-state index in [1.54, 1.807) is 0 Å². The van der Waals surface area contributed by atoms with E-state index in [2.05, 4.69) is 59.1 Å². The third-order valence-electron chi connectivity index (χ3n) is 4.35. The molecule has 2 aromatic carbocycles. The van der Waals surface area contributed by atoms with E-state index in [-0.39, 0.29) is 6.23 Å². The van der Waals surface area contributed by atoms with Gasteiger partial charge in [0.05, 0.1) is 6.61 Å². The van der Waals surface area contributed by atoms with Gasteiger partial charge in [0.1, 0.15) is 0 Å². The van der Waals surface area contributed by atoms with Gasteiger partial charge in [0.15, 0.2) is 6.23 Å². The van der Waals surface area contributed by atoms with Crippen LogP contribution in [0.15, 0.2) is 67.0 Å². The lowest BCUT2D eigenvalue weighted by molar-refractivity contribution is 0.114. The number of hydrogen-bond donors (Lipinski definition) is 0. The number of ether oxygens (including phenoxy) is 1. The number of benzene rings is 2. The first-order valence-electron chi connectivity index (χ1n) is 8.09. The van der Waals surface area contributed by atoms with Crippen LogP contribution in [0.3, 0.4) is 0 Å². The second kappa shape index (κ2) is 6.34. The summed E-state index contributed by atoms with van der Waals surface area (Å²) in [6, 6.07) is 18.5. The van der Waals surface area contributed by atoms with Gasteiger partial charge < -0.3 is 14.2 Å². The molecule has 0 bridgehead atoms. The van der Waals surface area contributed by atoms with Crippen molar-refractivity contribution in [3.05, 3.63) is 83.1 Å². The number of aryl methyl sites for hydroxylation is 1. The second-order valence-corrected chi connectivity index (χ2v) is 6.52. The molecule has 3 aromatic rings. The van der Waals surface area contributed by atoms with Crippen molar-refractivity contribution < 1.29 is 4.74 Å². The van der Waals surface area contributed by atoms with Crippen molar-refractivity contribution in [1.82, 2.24) is 4.57 Å². The molecular weight excluding hydrogens is 320 g/mol. The molecule has 0 saturated carbocycles. The molecule has 0 N–H and O–H groups in total. The molecule has 1 fully saturated rings. The lowest BCUT2D eigenvalue weighted by Gasteiger charge is -2.25. The van der Waals surface area contributed by atoms with E-state index in [1.807, 2.05) is 24.3 Å². The summed E-state index contributed by atoms with van der Waals surface area (Å²) in [5.41, 5.74) is 4.71. The molecule has 0 radical (unpaired) electrons. The predicted molar refractivity (Wildman–Crippen MR) is 98.0 cm³/mol. The fourth-order valence-corrected chi connectivity index (χ4v) is 3.28. The number of hydrogen-bond acceptors (Lipinski definition) is 2. The molecule has 24 heavy (non-hydrogen) atoms. The van der Waals surface area contributed by atoms with Gasteiger partial charge in [-0.25, -0.2) is 0 Å². The lowest BCUT2D eigenvalue weighted by atomic mass is 10.2. The van der Waals surface area contributed by atoms with E-state index in [9.17, 15) is 0 Å². The second-order valence-electron chi connectivity index (χ2n) is 6.08. The molecule has 1 saturated heterocycles. The zero-order valence-corrected chi connectivity index (χ0v) is 14.3. The van der Waals surface area contributed by atoms with E-state index in [0.717, 1.165) is 29.4 Å². The Labute approximate surface area is 147 Å². The summed E-state index contributed by atoms with van der Waals surface area (Å²) in [6.45, 7) is 3.76. The molecule has 3 nitrogen and oxygen atoms in total. The monoisotopic (exact) mass is 338 g/mol. The van der Waals surface area contributed by atoms with E-state index >= 15 is 0 Å². The van der Waals surface area contributed by atoms with Gasteiger partial charge in [0, 0.05) is 40.9 Å². The Hall–Kier alpha value is -2.23. The highest BCUT2D eigenvalue weighted by Gasteiger charge is 2.27. The Morgan fingerprint density at radius 3 is 2.67 bits per heavy atom. The first-order chi connectivity index (χ1) is 11.7. The van der Waals surface area contributed by atoms with Crippen LogP contribution in [0, 0.1) is 6.92 Å². The topological polar surface area (TPSA) is 17.4 Å². The standard InChI is InChI=1S/C20H19ClN2O/c1-15-3-2-4-19(13-15)23-11-12-24-20(23)16-9-10-22(14-16)18-7-5-17(21)6-8-18/h2-10,13-14,20H,11-12H2,1H3/t20-/m1/s1. The van der Waals surface area contributed by atoms with Crippen molar-refractivity contribution in [2.24, 2.45) is 0 Å². The molecule has 0 amide bonds. The molecule has 0 unspecified atom stereocenters. The smallest absolute Gasteiger partial charge is 0.158 e. The molecular formula is C20H19ClN2O. The first kappa shape index (κ1) is 15.3. The summed E-state index contributed by atoms with van der Waals surface area (Å²) in [6.07, 6.45) is 4.15. The van der Waals surface area contributed by atoms with E-state index in [0.29, 0.717) is 0 Å². The van der Waals surface area contributed by atoms with Crippen LogP contribution in [-0.2, 0) is 4.74 Å². The number of aromatic nitrogens is 1. The highest BCUT2D eigenvalue weighted by Crippen LogP contribution is 2.33. The molecule has 2 heterocycles. The van der Waals surface area contributed by atoms with Crippen LogP contribution in [0.5, 0.6) is 0 Å². The van der Waals surface area contributed by atoms with E-state index in [1.165, 1.54) is 11.3 Å². The summed E-state index contributed by atoms with van der Waals surface area (Å²) >= 11 is 5.97. The van der Waals surface area contributed by atoms with Gasteiger partial charge in [-0.1, -0.05) is 23.7 Å². The fourth-order valence-electron chi connectivity index (χ4n) is 3.15. The maximum Gasteiger partial charge on any atom is 0.158 e. The highest BCUT2D eigenvalue weighted by atomic mass is 35.5. The largest absolute Gasteiger partial charge is 0.352 e. The third-order valence-corrected chi connectivity index (χ3v) is 4.60. The van der Waals surface area contributed by atoms with Crippen molar-refractivity contribution in [3.63, 3.8) is 0 Å². The summed E-state index contributed by atoms with van der Waals surface area (Å²) in [5, 5.41) is 0.746. The minimum atomic E-state index is -0.0413. The molecule has 1 atom stereocenters. The van der Waals surface area contributed by atoms with Crippen LogP contribution >= 0.6 is 11.6 Å². The maximum atomic E-state index is 6.01. The molecule has 1 aliphatic heterocycles. The van der Waals surface area contributed by atoms with Gasteiger partial charge in [0.2, 0.25) is 0 Å². The van der Waals surface area contributed by atoms with Crippen LogP contribution in [0.25, 0.3) is 5.69 Å². The Morgan fingerprint density at radius 1 is 1.04 bits per heavy atom. The van der Waals surface area contributed by atoms with Crippen LogP contribution < -0.4 is 4.90 Å². The number of halogens is 1. The summed E-state index contributed by atoms with van der Waals surface area (Å²) in [4.78, 5) is 2.31. The van der Waals surface area contributed by atoms with Crippen molar-refractivity contribution in [2.45, 2.75) is 13.2 Å². The average Bonchev–Trinajstić information content (AvgIpc) is 3.24. The van der Waals surface area contributed by atoms with Gasteiger partial charge in [-0.15, -0.1) is 0 Å². The summed E-state index contributed by atoms with van der Waals surface area (Å²) in [5.74, 6) is 0. The van der Waals surface area contributed by atoms with Gasteiger partial charge >= 0.3 is 0 Å². The van der Waals surface area contributed by atoms with Crippen LogP contribution in [-0.4, -0.2) is 17.7 Å². The van der Waals surface area contributed by atoms with E-state index in [4.69, 9.17) is 16.3 Å². The Kier molecular flexibility index (Phi) is 4.05. The quantitative estimate of drug-likeness (QED) is 0.670. The van der Waals surface area contributed by atoms with Crippen LogP contribution in [0.1, 0.15) is 17.4 Å². The molecule has 1 aromatic heterocycles. The predicted octanol–water partition coefficient (Wildman–Crippen LogP) is 4.97. The molecule has 4 heteroatoms. The Bertz CT molecular complexity index is 841. The molecule has 1 aliphatic rings. The molecule has 0 aliphatic carbocycles. The number of anilines is 1.